The third-order valence-electron chi connectivity index (χ3n) is 2.83. The molecule has 6 heteroatoms. The van der Waals surface area contributed by atoms with Crippen LogP contribution in [-0.2, 0) is 0 Å². The second-order valence-corrected chi connectivity index (χ2v) is 5.07. The lowest BCUT2D eigenvalue weighted by molar-refractivity contribution is 0.334. The molecule has 0 amide bonds. The lowest BCUT2D eigenvalue weighted by atomic mass is 10.3. The molecule has 0 aliphatic rings. The van der Waals surface area contributed by atoms with Gasteiger partial charge in [-0.25, -0.2) is 9.97 Å². The predicted octanol–water partition coefficient (Wildman–Crippen LogP) is 2.76. The fourth-order valence-corrected chi connectivity index (χ4v) is 2.61. The highest BCUT2D eigenvalue weighted by Gasteiger charge is 2.04. The third-order valence-corrected chi connectivity index (χ3v) is 3.65. The molecular formula is C14H14N4OS. The normalized spacial score (nSPS) is 10.6. The zero-order valence-electron chi connectivity index (χ0n) is 10.7. The maximum absolute atomic E-state index is 5.81. The Balaban J connectivity index is 1.58. The topological polar surface area (TPSA) is 73.1 Å². The first-order valence-corrected chi connectivity index (χ1v) is 7.12. The van der Waals surface area contributed by atoms with E-state index in [-0.39, 0.29) is 0 Å². The number of nitrogens with two attached hydrogens (primary N) is 1. The second kappa shape index (κ2) is 5.75. The summed E-state index contributed by atoms with van der Waals surface area (Å²) in [6.45, 7) is 1.17. The molecule has 2 aromatic heterocycles. The fraction of sp³-hybridized carbons (Fsp3) is 0.143. The zero-order valence-corrected chi connectivity index (χ0v) is 11.6. The number of ether oxygens (including phenoxy) is 1. The molecule has 102 valence electrons. The number of thiophene rings is 1. The fourth-order valence-electron chi connectivity index (χ4n) is 1.87. The molecule has 5 nitrogen and oxygen atoms in total. The smallest absolute Gasteiger partial charge is 0.142 e. The third kappa shape index (κ3) is 2.65. The number of benzene rings is 1. The van der Waals surface area contributed by atoms with Crippen LogP contribution in [0.2, 0.25) is 0 Å². The molecule has 0 unspecified atom stereocenters. The van der Waals surface area contributed by atoms with E-state index in [0.717, 1.165) is 16.0 Å². The first kappa shape index (κ1) is 12.7. The SMILES string of the molecule is Nc1ccccc1OCCNc1ncnc2sccc12. The summed E-state index contributed by atoms with van der Waals surface area (Å²) < 4.78 is 5.62. The number of aromatic nitrogens is 2. The van der Waals surface area contributed by atoms with Gasteiger partial charge in [-0.2, -0.15) is 0 Å². The van der Waals surface area contributed by atoms with Crippen molar-refractivity contribution in [3.8, 4) is 5.75 Å². The Hall–Kier alpha value is -2.34. The van der Waals surface area contributed by atoms with Gasteiger partial charge < -0.3 is 15.8 Å². The van der Waals surface area contributed by atoms with Gasteiger partial charge in [0, 0.05) is 0 Å². The van der Waals surface area contributed by atoms with E-state index in [1.54, 1.807) is 17.7 Å². The first-order chi connectivity index (χ1) is 9.84. The van der Waals surface area contributed by atoms with Crippen molar-refractivity contribution in [1.29, 1.82) is 0 Å². The molecule has 0 bridgehead atoms. The van der Waals surface area contributed by atoms with Gasteiger partial charge in [0.1, 0.15) is 29.3 Å². The maximum Gasteiger partial charge on any atom is 0.142 e. The number of fused-ring (bicyclic) bond motifs is 1. The molecule has 0 saturated heterocycles. The van der Waals surface area contributed by atoms with Crippen molar-refractivity contribution >= 4 is 33.1 Å². The van der Waals surface area contributed by atoms with Gasteiger partial charge in [-0.1, -0.05) is 12.1 Å². The molecule has 0 atom stereocenters. The Bertz CT molecular complexity index is 713. The van der Waals surface area contributed by atoms with Crippen LogP contribution in [0.15, 0.2) is 42.0 Å². The summed E-state index contributed by atoms with van der Waals surface area (Å²) in [5.41, 5.74) is 6.46. The van der Waals surface area contributed by atoms with Gasteiger partial charge >= 0.3 is 0 Å². The predicted molar refractivity (Wildman–Crippen MR) is 82.3 cm³/mol. The van der Waals surface area contributed by atoms with Crippen LogP contribution in [0, 0.1) is 0 Å². The number of hydrogen-bond donors (Lipinski definition) is 2. The van der Waals surface area contributed by atoms with E-state index >= 15 is 0 Å². The largest absolute Gasteiger partial charge is 0.490 e. The van der Waals surface area contributed by atoms with E-state index < -0.39 is 0 Å². The average molecular weight is 286 g/mol. The van der Waals surface area contributed by atoms with Gasteiger partial charge in [-0.05, 0) is 23.6 Å². The van der Waals surface area contributed by atoms with Crippen molar-refractivity contribution in [2.45, 2.75) is 0 Å². The lowest BCUT2D eigenvalue weighted by Gasteiger charge is -2.10. The van der Waals surface area contributed by atoms with Crippen molar-refractivity contribution in [3.05, 3.63) is 42.0 Å². The van der Waals surface area contributed by atoms with Crippen LogP contribution in [0.3, 0.4) is 0 Å². The van der Waals surface area contributed by atoms with Crippen LogP contribution >= 0.6 is 11.3 Å². The molecule has 3 N–H and O–H groups in total. The maximum atomic E-state index is 5.81. The molecule has 2 heterocycles. The van der Waals surface area contributed by atoms with Crippen molar-refractivity contribution in [2.75, 3.05) is 24.2 Å². The molecule has 0 radical (unpaired) electrons. The second-order valence-electron chi connectivity index (χ2n) is 4.17. The summed E-state index contributed by atoms with van der Waals surface area (Å²) in [5, 5.41) is 6.30. The van der Waals surface area contributed by atoms with Gasteiger partial charge in [0.25, 0.3) is 0 Å². The standard InChI is InChI=1S/C14H14N4OS/c15-11-3-1-2-4-12(11)19-7-6-16-13-10-5-8-20-14(10)18-9-17-13/h1-5,8-9H,6-7,15H2,(H,16,17,18). The highest BCUT2D eigenvalue weighted by molar-refractivity contribution is 7.16. The van der Waals surface area contributed by atoms with Crippen LogP contribution in [0.25, 0.3) is 10.2 Å². The zero-order chi connectivity index (χ0) is 13.8. The molecule has 0 saturated carbocycles. The Morgan fingerprint density at radius 2 is 2.10 bits per heavy atom. The highest BCUT2D eigenvalue weighted by Crippen LogP contribution is 2.23. The quantitative estimate of drug-likeness (QED) is 0.557. The number of para-hydroxylation sites is 2. The monoisotopic (exact) mass is 286 g/mol. The van der Waals surface area contributed by atoms with E-state index in [0.29, 0.717) is 24.6 Å². The Labute approximate surface area is 120 Å². The Morgan fingerprint density at radius 3 is 3.00 bits per heavy atom. The lowest BCUT2D eigenvalue weighted by Crippen LogP contribution is -2.13. The summed E-state index contributed by atoms with van der Waals surface area (Å²) >= 11 is 1.60. The minimum Gasteiger partial charge on any atom is -0.490 e. The van der Waals surface area contributed by atoms with Gasteiger partial charge in [0.15, 0.2) is 0 Å². The van der Waals surface area contributed by atoms with Crippen LogP contribution in [-0.4, -0.2) is 23.1 Å². The van der Waals surface area contributed by atoms with Gasteiger partial charge in [-0.15, -0.1) is 11.3 Å². The van der Waals surface area contributed by atoms with Gasteiger partial charge in [0.05, 0.1) is 17.6 Å². The molecule has 0 aliphatic carbocycles. The summed E-state index contributed by atoms with van der Waals surface area (Å²) in [6, 6.07) is 9.48. The van der Waals surface area contributed by atoms with E-state index in [1.165, 1.54) is 0 Å². The number of anilines is 2. The average Bonchev–Trinajstić information content (AvgIpc) is 2.94. The number of nitrogens with zero attached hydrogens (tertiary/aromatic N) is 2. The van der Waals surface area contributed by atoms with Crippen molar-refractivity contribution in [2.24, 2.45) is 0 Å². The van der Waals surface area contributed by atoms with E-state index in [9.17, 15) is 0 Å². The first-order valence-electron chi connectivity index (χ1n) is 6.24. The van der Waals surface area contributed by atoms with Gasteiger partial charge in [0.2, 0.25) is 0 Å². The summed E-state index contributed by atoms with van der Waals surface area (Å²) in [7, 11) is 0. The van der Waals surface area contributed by atoms with E-state index in [2.05, 4.69) is 15.3 Å². The van der Waals surface area contributed by atoms with E-state index in [4.69, 9.17) is 10.5 Å². The summed E-state index contributed by atoms with van der Waals surface area (Å²) in [5.74, 6) is 1.54. The number of nitrogen functional groups attached to an aromatic ring is 1. The van der Waals surface area contributed by atoms with Crippen LogP contribution < -0.4 is 15.8 Å². The molecule has 1 aromatic carbocycles. The molecule has 20 heavy (non-hydrogen) atoms. The van der Waals surface area contributed by atoms with Crippen molar-refractivity contribution in [1.82, 2.24) is 9.97 Å². The van der Waals surface area contributed by atoms with Gasteiger partial charge in [-0.3, -0.25) is 0 Å². The minimum atomic E-state index is 0.518. The van der Waals surface area contributed by atoms with Crippen molar-refractivity contribution in [3.63, 3.8) is 0 Å². The number of hydrogen-bond acceptors (Lipinski definition) is 6. The number of nitrogens with one attached hydrogen (secondary N) is 1. The minimum absolute atomic E-state index is 0.518. The molecular weight excluding hydrogens is 272 g/mol. The molecule has 0 fully saturated rings. The molecule has 0 aliphatic heterocycles. The van der Waals surface area contributed by atoms with E-state index in [1.807, 2.05) is 35.7 Å². The van der Waals surface area contributed by atoms with Crippen LogP contribution in [0.1, 0.15) is 0 Å². The highest BCUT2D eigenvalue weighted by atomic mass is 32.1. The van der Waals surface area contributed by atoms with Crippen LogP contribution in [0.4, 0.5) is 11.5 Å². The number of rotatable bonds is 5. The van der Waals surface area contributed by atoms with Crippen molar-refractivity contribution < 1.29 is 4.74 Å². The molecule has 3 rings (SSSR count). The van der Waals surface area contributed by atoms with Crippen LogP contribution in [0.5, 0.6) is 5.75 Å². The Morgan fingerprint density at radius 1 is 1.20 bits per heavy atom. The molecule has 0 spiro atoms. The summed E-state index contributed by atoms with van der Waals surface area (Å²) in [4.78, 5) is 9.44. The molecule has 3 aromatic rings. The Kier molecular flexibility index (Phi) is 3.64. The summed E-state index contributed by atoms with van der Waals surface area (Å²) in [6.07, 6.45) is 1.57.